The number of amides is 3. The topological polar surface area (TPSA) is 75.4 Å². The Hall–Kier alpha value is -1.95. The molecule has 2 rings (SSSR count). The molecule has 6 heteroatoms. The molecule has 90 valence electrons. The number of nitrogens with two attached hydrogens (primary N) is 1. The van der Waals surface area contributed by atoms with Gasteiger partial charge in [-0.3, -0.25) is 9.69 Å². The number of carbonyl (C=O) groups excluding carboxylic acids is 2. The number of halogens is 1. The summed E-state index contributed by atoms with van der Waals surface area (Å²) in [5, 5.41) is 2.40. The maximum atomic E-state index is 13.1. The molecule has 0 unspecified atom stereocenters. The predicted molar refractivity (Wildman–Crippen MR) is 58.2 cm³/mol. The van der Waals surface area contributed by atoms with Crippen LogP contribution in [0.3, 0.4) is 0 Å². The number of imide groups is 1. The average Bonchev–Trinajstić information content (AvgIpc) is 2.61. The van der Waals surface area contributed by atoms with Gasteiger partial charge in [-0.2, -0.15) is 0 Å². The summed E-state index contributed by atoms with van der Waals surface area (Å²) < 4.78 is 13.1. The maximum absolute atomic E-state index is 13.1. The molecule has 0 aromatic heterocycles. The van der Waals surface area contributed by atoms with Crippen LogP contribution < -0.4 is 11.1 Å². The highest BCUT2D eigenvalue weighted by Gasteiger charge is 2.28. The lowest BCUT2D eigenvalue weighted by Crippen LogP contribution is -2.30. The van der Waals surface area contributed by atoms with Crippen LogP contribution in [0.5, 0.6) is 0 Å². The first kappa shape index (κ1) is 11.5. The van der Waals surface area contributed by atoms with Gasteiger partial charge in [-0.05, 0) is 23.3 Å². The normalized spacial score (nSPS) is 15.3. The molecule has 1 fully saturated rings. The van der Waals surface area contributed by atoms with Gasteiger partial charge in [-0.15, -0.1) is 0 Å². The average molecular weight is 237 g/mol. The highest BCUT2D eigenvalue weighted by atomic mass is 19.1. The van der Waals surface area contributed by atoms with Gasteiger partial charge in [0.25, 0.3) is 0 Å². The van der Waals surface area contributed by atoms with Gasteiger partial charge in [0.05, 0.1) is 13.1 Å². The third-order valence-corrected chi connectivity index (χ3v) is 2.65. The second kappa shape index (κ2) is 4.50. The molecule has 0 radical (unpaired) electrons. The van der Waals surface area contributed by atoms with Crippen molar-refractivity contribution < 1.29 is 14.0 Å². The van der Waals surface area contributed by atoms with Crippen LogP contribution in [0.15, 0.2) is 18.2 Å². The van der Waals surface area contributed by atoms with E-state index in [0.717, 1.165) is 10.5 Å². The Balaban J connectivity index is 2.25. The van der Waals surface area contributed by atoms with Crippen LogP contribution in [0.2, 0.25) is 0 Å². The van der Waals surface area contributed by atoms with Crippen molar-refractivity contribution in [2.24, 2.45) is 5.73 Å². The molecule has 3 amide bonds. The zero-order valence-electron chi connectivity index (χ0n) is 9.07. The lowest BCUT2D eigenvalue weighted by Gasteiger charge is -2.15. The smallest absolute Gasteiger partial charge is 0.324 e. The van der Waals surface area contributed by atoms with E-state index in [4.69, 9.17) is 5.73 Å². The van der Waals surface area contributed by atoms with E-state index in [9.17, 15) is 14.0 Å². The number of nitrogens with one attached hydrogen (secondary N) is 1. The van der Waals surface area contributed by atoms with Crippen molar-refractivity contribution in [3.63, 3.8) is 0 Å². The lowest BCUT2D eigenvalue weighted by molar-refractivity contribution is -0.125. The van der Waals surface area contributed by atoms with Gasteiger partial charge in [0.2, 0.25) is 5.91 Å². The van der Waals surface area contributed by atoms with Crippen molar-refractivity contribution in [3.05, 3.63) is 35.1 Å². The van der Waals surface area contributed by atoms with Crippen LogP contribution in [0, 0.1) is 5.82 Å². The predicted octanol–water partition coefficient (Wildman–Crippen LogP) is 0.336. The molecule has 3 N–H and O–H groups in total. The summed E-state index contributed by atoms with van der Waals surface area (Å²) in [6.07, 6.45) is 0. The molecule has 0 bridgehead atoms. The van der Waals surface area contributed by atoms with Gasteiger partial charge < -0.3 is 11.1 Å². The van der Waals surface area contributed by atoms with Crippen LogP contribution in [0.25, 0.3) is 0 Å². The second-order valence-electron chi connectivity index (χ2n) is 3.76. The van der Waals surface area contributed by atoms with Crippen molar-refractivity contribution in [2.75, 3.05) is 6.54 Å². The number of rotatable bonds is 3. The van der Waals surface area contributed by atoms with Crippen molar-refractivity contribution in [1.82, 2.24) is 10.2 Å². The van der Waals surface area contributed by atoms with Crippen molar-refractivity contribution in [1.29, 1.82) is 0 Å². The first-order valence-electron chi connectivity index (χ1n) is 5.17. The number of hydrogen-bond acceptors (Lipinski definition) is 3. The number of hydrogen-bond donors (Lipinski definition) is 2. The molecular weight excluding hydrogens is 225 g/mol. The monoisotopic (exact) mass is 237 g/mol. The van der Waals surface area contributed by atoms with E-state index in [2.05, 4.69) is 5.32 Å². The fourth-order valence-electron chi connectivity index (χ4n) is 1.73. The van der Waals surface area contributed by atoms with E-state index in [0.29, 0.717) is 5.56 Å². The van der Waals surface area contributed by atoms with E-state index in [-0.39, 0.29) is 25.5 Å². The molecule has 17 heavy (non-hydrogen) atoms. The van der Waals surface area contributed by atoms with Crippen LogP contribution in [-0.2, 0) is 17.9 Å². The highest BCUT2D eigenvalue weighted by molar-refractivity contribution is 6.01. The minimum atomic E-state index is -0.456. The van der Waals surface area contributed by atoms with Gasteiger partial charge in [-0.25, -0.2) is 9.18 Å². The molecule has 0 aliphatic carbocycles. The molecule has 1 aliphatic heterocycles. The molecule has 1 aromatic rings. The van der Waals surface area contributed by atoms with E-state index in [1.54, 1.807) is 6.07 Å². The van der Waals surface area contributed by atoms with Crippen LogP contribution in [-0.4, -0.2) is 23.4 Å². The first-order valence-corrected chi connectivity index (χ1v) is 5.17. The lowest BCUT2D eigenvalue weighted by atomic mass is 10.1. The van der Waals surface area contributed by atoms with Crippen LogP contribution in [0.1, 0.15) is 11.1 Å². The van der Waals surface area contributed by atoms with Gasteiger partial charge in [0.15, 0.2) is 0 Å². The summed E-state index contributed by atoms with van der Waals surface area (Å²) in [6, 6.07) is 3.70. The molecule has 5 nitrogen and oxygen atoms in total. The van der Waals surface area contributed by atoms with E-state index in [1.165, 1.54) is 12.1 Å². The number of nitrogens with zero attached hydrogens (tertiary/aromatic N) is 1. The quantitative estimate of drug-likeness (QED) is 0.744. The standard InChI is InChI=1S/C11H12FN3O2/c12-9-2-1-7(4-13)8(3-9)6-15-10(16)5-14-11(15)17/h1-3H,4-6,13H2,(H,14,17). The summed E-state index contributed by atoms with van der Waals surface area (Å²) in [7, 11) is 0. The van der Waals surface area contributed by atoms with E-state index in [1.807, 2.05) is 0 Å². The summed E-state index contributed by atoms with van der Waals surface area (Å²) in [4.78, 5) is 23.8. The zero-order valence-corrected chi connectivity index (χ0v) is 9.07. The van der Waals surface area contributed by atoms with Crippen molar-refractivity contribution in [2.45, 2.75) is 13.1 Å². The fraction of sp³-hybridized carbons (Fsp3) is 0.273. The summed E-state index contributed by atoms with van der Waals surface area (Å²) >= 11 is 0. The summed E-state index contributed by atoms with van der Waals surface area (Å²) in [5.41, 5.74) is 6.79. The van der Waals surface area contributed by atoms with E-state index < -0.39 is 11.8 Å². The van der Waals surface area contributed by atoms with E-state index >= 15 is 0 Å². The minimum absolute atomic E-state index is 0.00783. The molecule has 1 saturated heterocycles. The Labute approximate surface area is 97.4 Å². The second-order valence-corrected chi connectivity index (χ2v) is 3.76. The SMILES string of the molecule is NCc1ccc(F)cc1CN1C(=O)CNC1=O. The Morgan fingerprint density at radius 1 is 1.35 bits per heavy atom. The molecule has 0 spiro atoms. The minimum Gasteiger partial charge on any atom is -0.329 e. The van der Waals surface area contributed by atoms with Gasteiger partial charge in [0, 0.05) is 6.54 Å². The molecule has 1 aliphatic rings. The summed E-state index contributed by atoms with van der Waals surface area (Å²) in [6.45, 7) is 0.278. The van der Waals surface area contributed by atoms with Gasteiger partial charge in [0.1, 0.15) is 5.82 Å². The molecule has 1 heterocycles. The molecule has 0 atom stereocenters. The number of carbonyl (C=O) groups is 2. The summed E-state index contributed by atoms with van der Waals surface area (Å²) in [5.74, 6) is -0.730. The van der Waals surface area contributed by atoms with Gasteiger partial charge >= 0.3 is 6.03 Å². The van der Waals surface area contributed by atoms with Gasteiger partial charge in [-0.1, -0.05) is 6.07 Å². The Bertz CT molecular complexity index is 460. The third kappa shape index (κ3) is 2.26. The Kier molecular flexibility index (Phi) is 3.06. The molecule has 1 aromatic carbocycles. The Morgan fingerprint density at radius 2 is 2.12 bits per heavy atom. The largest absolute Gasteiger partial charge is 0.329 e. The third-order valence-electron chi connectivity index (χ3n) is 2.65. The van der Waals surface area contributed by atoms with Crippen LogP contribution in [0.4, 0.5) is 9.18 Å². The van der Waals surface area contributed by atoms with Crippen molar-refractivity contribution >= 4 is 11.9 Å². The number of urea groups is 1. The zero-order chi connectivity index (χ0) is 12.4. The van der Waals surface area contributed by atoms with Crippen molar-refractivity contribution in [3.8, 4) is 0 Å². The number of benzene rings is 1. The first-order chi connectivity index (χ1) is 8.11. The fourth-order valence-corrected chi connectivity index (χ4v) is 1.73. The Morgan fingerprint density at radius 3 is 2.71 bits per heavy atom. The van der Waals surface area contributed by atoms with Crippen LogP contribution >= 0.6 is 0 Å². The highest BCUT2D eigenvalue weighted by Crippen LogP contribution is 2.15. The molecule has 0 saturated carbocycles. The maximum Gasteiger partial charge on any atom is 0.324 e. The molecular formula is C11H12FN3O2.